The molecule has 0 saturated heterocycles. The van der Waals surface area contributed by atoms with Crippen LogP contribution in [0.2, 0.25) is 0 Å². The fourth-order valence-corrected chi connectivity index (χ4v) is 4.31. The zero-order valence-electron chi connectivity index (χ0n) is 17.0. The Kier molecular flexibility index (Phi) is 6.46. The molecule has 1 atom stereocenters. The third-order valence-electron chi connectivity index (χ3n) is 5.26. The van der Waals surface area contributed by atoms with Crippen LogP contribution in [0.4, 0.5) is 4.79 Å². The Morgan fingerprint density at radius 2 is 1.69 bits per heavy atom. The molecule has 2 amide bonds. The molecule has 4 rings (SSSR count). The maximum absolute atomic E-state index is 12.4. The molecule has 2 aromatic carbocycles. The molecular formula is C23H21N3O5S. The molecule has 3 N–H and O–H groups in total. The van der Waals surface area contributed by atoms with Crippen LogP contribution in [-0.2, 0) is 20.9 Å². The van der Waals surface area contributed by atoms with Crippen LogP contribution in [0.5, 0.6) is 0 Å². The van der Waals surface area contributed by atoms with Crippen molar-refractivity contribution in [3.8, 4) is 11.1 Å². The predicted molar refractivity (Wildman–Crippen MR) is 118 cm³/mol. The molecule has 8 nitrogen and oxygen atoms in total. The van der Waals surface area contributed by atoms with Crippen LogP contribution >= 0.6 is 11.5 Å². The van der Waals surface area contributed by atoms with Gasteiger partial charge in [0.05, 0.1) is 13.0 Å². The third kappa shape index (κ3) is 4.78. The Bertz CT molecular complexity index is 1090. The molecular weight excluding hydrogens is 430 g/mol. The van der Waals surface area contributed by atoms with E-state index >= 15 is 0 Å². The number of ether oxygens (including phenoxy) is 1. The maximum atomic E-state index is 12.4. The smallest absolute Gasteiger partial charge is 0.407 e. The van der Waals surface area contributed by atoms with E-state index in [2.05, 4.69) is 15.0 Å². The van der Waals surface area contributed by atoms with E-state index in [1.54, 1.807) is 12.3 Å². The van der Waals surface area contributed by atoms with E-state index in [1.165, 1.54) is 11.5 Å². The van der Waals surface area contributed by atoms with Gasteiger partial charge in [-0.05, 0) is 39.9 Å². The minimum absolute atomic E-state index is 0.0716. The Balaban J connectivity index is 1.39. The molecule has 32 heavy (non-hydrogen) atoms. The second-order valence-corrected chi connectivity index (χ2v) is 8.23. The highest BCUT2D eigenvalue weighted by atomic mass is 32.1. The van der Waals surface area contributed by atoms with Gasteiger partial charge in [0, 0.05) is 17.0 Å². The molecule has 0 spiro atoms. The highest BCUT2D eigenvalue weighted by molar-refractivity contribution is 7.05. The number of hydrogen-bond donors (Lipinski definition) is 3. The van der Waals surface area contributed by atoms with Gasteiger partial charge in [0.1, 0.15) is 12.6 Å². The van der Waals surface area contributed by atoms with Gasteiger partial charge in [0.2, 0.25) is 5.91 Å². The van der Waals surface area contributed by atoms with Crippen molar-refractivity contribution in [3.63, 3.8) is 0 Å². The number of carboxylic acid groups (broad SMARTS) is 1. The number of nitrogens with zero attached hydrogens (tertiary/aromatic N) is 1. The number of rotatable bonds is 8. The number of fused-ring (bicyclic) bond motifs is 3. The van der Waals surface area contributed by atoms with E-state index in [0.717, 1.165) is 27.1 Å². The Morgan fingerprint density at radius 1 is 1.03 bits per heavy atom. The van der Waals surface area contributed by atoms with Crippen molar-refractivity contribution < 1.29 is 24.2 Å². The average molecular weight is 452 g/mol. The van der Waals surface area contributed by atoms with Crippen LogP contribution in [0.15, 0.2) is 60.8 Å². The fourth-order valence-electron chi connectivity index (χ4n) is 3.80. The summed E-state index contributed by atoms with van der Waals surface area (Å²) in [5.41, 5.74) is 4.32. The molecule has 1 heterocycles. The van der Waals surface area contributed by atoms with Gasteiger partial charge >= 0.3 is 12.1 Å². The summed E-state index contributed by atoms with van der Waals surface area (Å²) in [6.45, 7) is 0.272. The first-order valence-corrected chi connectivity index (χ1v) is 10.8. The number of alkyl carbamates (subject to hydrolysis) is 1. The van der Waals surface area contributed by atoms with Crippen molar-refractivity contribution in [3.05, 3.63) is 76.8 Å². The number of aromatic nitrogens is 1. The summed E-state index contributed by atoms with van der Waals surface area (Å²) < 4.78 is 9.36. The number of hydrogen-bond acceptors (Lipinski definition) is 6. The normalized spacial score (nSPS) is 13.0. The molecule has 9 heteroatoms. The standard InChI is InChI=1S/C23H21N3O5S/c27-21(28)11-20(22(29)24-12-14-9-10-25-32-14)26-23(30)31-13-19-17-7-3-1-5-15(17)16-6-2-4-8-18(16)19/h1-10,19-20H,11-13H2,(H,24,29)(H,26,30)(H,27,28). The second kappa shape index (κ2) is 9.61. The van der Waals surface area contributed by atoms with Crippen LogP contribution in [0.25, 0.3) is 11.1 Å². The third-order valence-corrected chi connectivity index (χ3v) is 6.00. The van der Waals surface area contributed by atoms with Crippen molar-refractivity contribution in [2.24, 2.45) is 0 Å². The molecule has 0 aliphatic heterocycles. The highest BCUT2D eigenvalue weighted by Gasteiger charge is 2.30. The second-order valence-electron chi connectivity index (χ2n) is 7.32. The van der Waals surface area contributed by atoms with Gasteiger partial charge in [-0.25, -0.2) is 9.17 Å². The number of carbonyl (C=O) groups is 3. The summed E-state index contributed by atoms with van der Waals surface area (Å²) in [7, 11) is 0. The Labute approximate surface area is 188 Å². The maximum Gasteiger partial charge on any atom is 0.407 e. The number of carboxylic acids is 1. The lowest BCUT2D eigenvalue weighted by Gasteiger charge is -2.18. The topological polar surface area (TPSA) is 118 Å². The largest absolute Gasteiger partial charge is 0.481 e. The van der Waals surface area contributed by atoms with E-state index in [1.807, 2.05) is 48.5 Å². The van der Waals surface area contributed by atoms with Gasteiger partial charge < -0.3 is 20.5 Å². The average Bonchev–Trinajstić information content (AvgIpc) is 3.41. The zero-order valence-corrected chi connectivity index (χ0v) is 17.8. The van der Waals surface area contributed by atoms with Crippen LogP contribution in [0.1, 0.15) is 28.3 Å². The van der Waals surface area contributed by atoms with Crippen molar-refractivity contribution >= 4 is 29.5 Å². The molecule has 1 aliphatic carbocycles. The molecule has 0 radical (unpaired) electrons. The summed E-state index contributed by atoms with van der Waals surface area (Å²) in [5.74, 6) is -1.94. The molecule has 1 aliphatic rings. The summed E-state index contributed by atoms with van der Waals surface area (Å²) >= 11 is 1.22. The summed E-state index contributed by atoms with van der Waals surface area (Å²) in [4.78, 5) is 36.9. The molecule has 0 fully saturated rings. The quantitative estimate of drug-likeness (QED) is 0.484. The van der Waals surface area contributed by atoms with Crippen molar-refractivity contribution in [1.29, 1.82) is 0 Å². The monoisotopic (exact) mass is 451 g/mol. The van der Waals surface area contributed by atoms with Gasteiger partial charge in [0.15, 0.2) is 0 Å². The zero-order chi connectivity index (χ0) is 22.5. The number of nitrogens with one attached hydrogen (secondary N) is 2. The number of benzene rings is 2. The Hall–Kier alpha value is -3.72. The SMILES string of the molecule is O=C(O)CC(NC(=O)OCC1c2ccccc2-c2ccccc21)C(=O)NCc1ccns1. The molecule has 0 bridgehead atoms. The molecule has 3 aromatic rings. The fraction of sp³-hybridized carbons (Fsp3) is 0.217. The van der Waals surface area contributed by atoms with E-state index in [-0.39, 0.29) is 19.1 Å². The molecule has 1 unspecified atom stereocenters. The Morgan fingerprint density at radius 3 is 2.28 bits per heavy atom. The van der Waals surface area contributed by atoms with Gasteiger partial charge in [-0.1, -0.05) is 48.5 Å². The first kappa shape index (κ1) is 21.5. The van der Waals surface area contributed by atoms with E-state index in [4.69, 9.17) is 9.84 Å². The first-order chi connectivity index (χ1) is 15.5. The van der Waals surface area contributed by atoms with E-state index < -0.39 is 30.4 Å². The van der Waals surface area contributed by atoms with Gasteiger partial charge in [-0.2, -0.15) is 0 Å². The van der Waals surface area contributed by atoms with Gasteiger partial charge in [-0.3, -0.25) is 9.59 Å². The van der Waals surface area contributed by atoms with Crippen LogP contribution in [0, 0.1) is 0 Å². The number of carbonyl (C=O) groups excluding carboxylic acids is 2. The molecule has 0 saturated carbocycles. The van der Waals surface area contributed by atoms with Crippen LogP contribution < -0.4 is 10.6 Å². The lowest BCUT2D eigenvalue weighted by atomic mass is 9.98. The first-order valence-electron chi connectivity index (χ1n) is 10.0. The minimum Gasteiger partial charge on any atom is -0.481 e. The lowest BCUT2D eigenvalue weighted by molar-refractivity contribution is -0.139. The van der Waals surface area contributed by atoms with Gasteiger partial charge in [0.25, 0.3) is 0 Å². The summed E-state index contributed by atoms with van der Waals surface area (Å²) in [6.07, 6.45) is 0.209. The van der Waals surface area contributed by atoms with Crippen molar-refractivity contribution in [1.82, 2.24) is 15.0 Å². The van der Waals surface area contributed by atoms with E-state index in [9.17, 15) is 14.4 Å². The summed E-state index contributed by atoms with van der Waals surface area (Å²) in [6, 6.07) is 16.4. The lowest BCUT2D eigenvalue weighted by Crippen LogP contribution is -2.47. The highest BCUT2D eigenvalue weighted by Crippen LogP contribution is 2.44. The molecule has 164 valence electrons. The van der Waals surface area contributed by atoms with E-state index in [0.29, 0.717) is 0 Å². The summed E-state index contributed by atoms with van der Waals surface area (Å²) in [5, 5.41) is 14.1. The van der Waals surface area contributed by atoms with Crippen LogP contribution in [-0.4, -0.2) is 40.1 Å². The van der Waals surface area contributed by atoms with Crippen LogP contribution in [0.3, 0.4) is 0 Å². The number of aliphatic carboxylic acids is 1. The predicted octanol–water partition coefficient (Wildman–Crippen LogP) is 3.14. The van der Waals surface area contributed by atoms with Crippen molar-refractivity contribution in [2.75, 3.05) is 6.61 Å². The number of amides is 2. The van der Waals surface area contributed by atoms with Crippen molar-refractivity contribution in [2.45, 2.75) is 24.9 Å². The minimum atomic E-state index is -1.25. The molecule has 1 aromatic heterocycles. The van der Waals surface area contributed by atoms with Gasteiger partial charge in [-0.15, -0.1) is 0 Å².